The van der Waals surface area contributed by atoms with Crippen LogP contribution in [0.1, 0.15) is 89.6 Å². The highest BCUT2D eigenvalue weighted by Gasteiger charge is 2.53. The van der Waals surface area contributed by atoms with E-state index in [2.05, 4.69) is 41.7 Å². The number of amides is 1. The third kappa shape index (κ3) is 11.1. The van der Waals surface area contributed by atoms with Crippen molar-refractivity contribution in [3.63, 3.8) is 0 Å². The highest BCUT2D eigenvalue weighted by atomic mass is 19.1. The molecule has 1 aliphatic heterocycles. The summed E-state index contributed by atoms with van der Waals surface area (Å²) in [5, 5.41) is 20.3. The first-order valence-corrected chi connectivity index (χ1v) is 16.4. The van der Waals surface area contributed by atoms with Gasteiger partial charge in [-0.05, 0) is 82.5 Å². The molecule has 0 bridgehead atoms. The SMILES string of the molecule is CC.CCC.COC(CF)CN(CCCCc1ccc2c(n1)NCCC2)CCC(NC(=O)C1(n2ccc(C)n2)CC1)C(=O)O. The van der Waals surface area contributed by atoms with Crippen LogP contribution in [-0.2, 0) is 32.7 Å². The van der Waals surface area contributed by atoms with Crippen LogP contribution in [0.3, 0.4) is 0 Å². The number of carboxylic acids is 1. The van der Waals surface area contributed by atoms with E-state index >= 15 is 0 Å². The Hall–Kier alpha value is -3.05. The lowest BCUT2D eigenvalue weighted by Crippen LogP contribution is -2.49. The minimum absolute atomic E-state index is 0.204. The number of aromatic nitrogens is 3. The summed E-state index contributed by atoms with van der Waals surface area (Å²) in [4.78, 5) is 31.9. The molecule has 44 heavy (non-hydrogen) atoms. The van der Waals surface area contributed by atoms with E-state index in [1.165, 1.54) is 19.1 Å². The summed E-state index contributed by atoms with van der Waals surface area (Å²) in [6.07, 6.45) is 8.65. The fourth-order valence-electron chi connectivity index (χ4n) is 5.11. The number of ether oxygens (including phenoxy) is 1. The van der Waals surface area contributed by atoms with Crippen molar-refractivity contribution in [3.8, 4) is 0 Å². The molecule has 0 radical (unpaired) electrons. The number of hydrogen-bond acceptors (Lipinski definition) is 7. The summed E-state index contributed by atoms with van der Waals surface area (Å²) >= 11 is 0. The van der Waals surface area contributed by atoms with Gasteiger partial charge in [-0.15, -0.1) is 0 Å². The van der Waals surface area contributed by atoms with Crippen LogP contribution in [-0.4, -0.2) is 88.8 Å². The molecule has 2 atom stereocenters. The number of carbonyl (C=O) groups is 2. The minimum Gasteiger partial charge on any atom is -0.480 e. The molecular weight excluding hydrogens is 563 g/mol. The number of unbranched alkanes of at least 4 members (excludes halogenated alkanes) is 1. The number of hydrogen-bond donors (Lipinski definition) is 3. The van der Waals surface area contributed by atoms with Crippen LogP contribution in [0.4, 0.5) is 10.2 Å². The number of rotatable bonds is 16. The maximum atomic E-state index is 13.4. The van der Waals surface area contributed by atoms with Gasteiger partial charge < -0.3 is 25.4 Å². The lowest BCUT2D eigenvalue weighted by Gasteiger charge is -2.27. The molecule has 0 saturated heterocycles. The van der Waals surface area contributed by atoms with Crippen molar-refractivity contribution in [1.82, 2.24) is 25.0 Å². The van der Waals surface area contributed by atoms with Crippen LogP contribution in [0.25, 0.3) is 0 Å². The van der Waals surface area contributed by atoms with E-state index < -0.39 is 30.3 Å². The smallest absolute Gasteiger partial charge is 0.326 e. The van der Waals surface area contributed by atoms with E-state index in [1.54, 1.807) is 10.9 Å². The standard InChI is InChI=1S/C28H41FN6O4.C3H8.C2H6/c1-20-10-17-35(33-20)28(12-13-28)27(38)32-24(26(36)37)11-16-34(19-23(18-29)39-2)15-4-3-7-22-9-8-21-6-5-14-30-25(21)31-22;1-3-2;1-2/h8-10,17,23-24H,3-7,11-16,18-19H2,1-2H3,(H,30,31)(H,32,38)(H,36,37);3H2,1-2H3;1-2H3. The Morgan fingerprint density at radius 3 is 2.52 bits per heavy atom. The number of carboxylic acid groups (broad SMARTS) is 1. The van der Waals surface area contributed by atoms with Crippen molar-refractivity contribution < 1.29 is 23.8 Å². The van der Waals surface area contributed by atoms with E-state index in [0.717, 1.165) is 55.9 Å². The molecule has 1 fully saturated rings. The number of nitrogens with one attached hydrogen (secondary N) is 2. The van der Waals surface area contributed by atoms with Gasteiger partial charge in [0.2, 0.25) is 5.91 Å². The Morgan fingerprint density at radius 1 is 1.20 bits per heavy atom. The van der Waals surface area contributed by atoms with Crippen molar-refractivity contribution in [3.05, 3.63) is 41.3 Å². The molecule has 1 aliphatic carbocycles. The molecule has 0 aromatic carbocycles. The number of alkyl halides is 1. The first-order valence-electron chi connectivity index (χ1n) is 16.4. The fraction of sp³-hybridized carbons (Fsp3) is 0.697. The number of carbonyl (C=O) groups excluding carboxylic acids is 1. The summed E-state index contributed by atoms with van der Waals surface area (Å²) in [5.41, 5.74) is 2.31. The monoisotopic (exact) mass is 618 g/mol. The van der Waals surface area contributed by atoms with Gasteiger partial charge in [0.25, 0.3) is 0 Å². The van der Waals surface area contributed by atoms with Crippen LogP contribution in [0.15, 0.2) is 24.4 Å². The molecule has 3 N–H and O–H groups in total. The van der Waals surface area contributed by atoms with Crippen LogP contribution < -0.4 is 10.6 Å². The summed E-state index contributed by atoms with van der Waals surface area (Å²) in [7, 11) is 1.48. The maximum Gasteiger partial charge on any atom is 0.326 e. The quantitative estimate of drug-likeness (QED) is 0.221. The van der Waals surface area contributed by atoms with Gasteiger partial charge in [-0.2, -0.15) is 5.10 Å². The average molecular weight is 619 g/mol. The van der Waals surface area contributed by atoms with Gasteiger partial charge in [-0.25, -0.2) is 14.2 Å². The predicted octanol–water partition coefficient (Wildman–Crippen LogP) is 5.15. The molecule has 11 heteroatoms. The third-order valence-corrected chi connectivity index (χ3v) is 7.72. The Kier molecular flexibility index (Phi) is 16.3. The van der Waals surface area contributed by atoms with Gasteiger partial charge in [-0.3, -0.25) is 9.48 Å². The Morgan fingerprint density at radius 2 is 1.93 bits per heavy atom. The first-order chi connectivity index (χ1) is 21.3. The second-order valence-electron chi connectivity index (χ2n) is 11.4. The largest absolute Gasteiger partial charge is 0.480 e. The average Bonchev–Trinajstić information content (AvgIpc) is 3.74. The highest BCUT2D eigenvalue weighted by Crippen LogP contribution is 2.43. The van der Waals surface area contributed by atoms with E-state index in [1.807, 2.05) is 31.7 Å². The third-order valence-electron chi connectivity index (χ3n) is 7.72. The summed E-state index contributed by atoms with van der Waals surface area (Å²) in [6.45, 7) is 11.8. The van der Waals surface area contributed by atoms with Crippen LogP contribution in [0, 0.1) is 6.92 Å². The number of aryl methyl sites for hydroxylation is 3. The molecule has 2 aromatic rings. The minimum atomic E-state index is -1.09. The number of halogens is 1. The second-order valence-corrected chi connectivity index (χ2v) is 11.4. The zero-order valence-corrected chi connectivity index (χ0v) is 27.7. The number of nitrogens with zero attached hydrogens (tertiary/aromatic N) is 4. The molecule has 10 nitrogen and oxygen atoms in total. The number of fused-ring (bicyclic) bond motifs is 1. The van der Waals surface area contributed by atoms with E-state index in [4.69, 9.17) is 9.72 Å². The van der Waals surface area contributed by atoms with E-state index in [0.29, 0.717) is 32.5 Å². The summed E-state index contributed by atoms with van der Waals surface area (Å²) in [6, 6.07) is 5.02. The van der Waals surface area contributed by atoms with Gasteiger partial charge in [0.05, 0.1) is 11.8 Å². The van der Waals surface area contributed by atoms with Gasteiger partial charge in [0.15, 0.2) is 0 Å². The maximum absolute atomic E-state index is 13.4. The van der Waals surface area contributed by atoms with Crippen molar-refractivity contribution in [2.45, 2.75) is 110 Å². The van der Waals surface area contributed by atoms with Crippen molar-refractivity contribution >= 4 is 17.7 Å². The number of pyridine rings is 1. The van der Waals surface area contributed by atoms with Crippen LogP contribution >= 0.6 is 0 Å². The molecule has 2 aliphatic rings. The highest BCUT2D eigenvalue weighted by molar-refractivity contribution is 5.90. The molecule has 2 unspecified atom stereocenters. The van der Waals surface area contributed by atoms with E-state index in [9.17, 15) is 19.1 Å². The van der Waals surface area contributed by atoms with Crippen molar-refractivity contribution in [2.24, 2.45) is 0 Å². The molecule has 2 aromatic heterocycles. The predicted molar refractivity (Wildman–Crippen MR) is 173 cm³/mol. The van der Waals surface area contributed by atoms with Crippen LogP contribution in [0.2, 0.25) is 0 Å². The lowest BCUT2D eigenvalue weighted by atomic mass is 10.1. The first kappa shape index (κ1) is 37.1. The molecule has 1 amide bonds. The van der Waals surface area contributed by atoms with Gasteiger partial charge in [-0.1, -0.05) is 40.2 Å². The van der Waals surface area contributed by atoms with Gasteiger partial charge >= 0.3 is 5.97 Å². The van der Waals surface area contributed by atoms with E-state index in [-0.39, 0.29) is 12.3 Å². The lowest BCUT2D eigenvalue weighted by molar-refractivity contribution is -0.143. The fourth-order valence-corrected chi connectivity index (χ4v) is 5.11. The van der Waals surface area contributed by atoms with Crippen molar-refractivity contribution in [2.75, 3.05) is 45.3 Å². The molecule has 0 spiro atoms. The Labute approximate surface area is 263 Å². The zero-order chi connectivity index (χ0) is 32.5. The molecule has 1 saturated carbocycles. The normalized spacial score (nSPS) is 15.8. The van der Waals surface area contributed by atoms with Gasteiger partial charge in [0, 0.05) is 38.6 Å². The zero-order valence-electron chi connectivity index (χ0n) is 27.7. The van der Waals surface area contributed by atoms with Crippen LogP contribution in [0.5, 0.6) is 0 Å². The second kappa shape index (κ2) is 19.4. The molecule has 4 rings (SSSR count). The topological polar surface area (TPSA) is 122 Å². The van der Waals surface area contributed by atoms with Crippen molar-refractivity contribution in [1.29, 1.82) is 0 Å². The summed E-state index contributed by atoms with van der Waals surface area (Å²) < 4.78 is 20.3. The Balaban J connectivity index is 0.00000127. The van der Waals surface area contributed by atoms with Gasteiger partial charge in [0.1, 0.15) is 24.1 Å². The molecule has 3 heterocycles. The number of anilines is 1. The number of methoxy groups -OCH3 is 1. The number of aliphatic carboxylic acids is 1. The summed E-state index contributed by atoms with van der Waals surface area (Å²) in [5.74, 6) is -0.421. The molecule has 248 valence electrons. The molecular formula is C33H55FN6O4. The Bertz CT molecular complexity index is 1140.